The molecule has 0 aliphatic carbocycles. The topological polar surface area (TPSA) is 109 Å². The number of methoxy groups -OCH3 is 1. The number of nitrogens with two attached hydrogens (primary N) is 1. The maximum Gasteiger partial charge on any atom is 0.336 e. The van der Waals surface area contributed by atoms with Crippen molar-refractivity contribution in [1.82, 2.24) is 5.32 Å². The standard InChI is InChI=1S/C23H30Cl2N2O6/c1-4-33-23(29)20-17(8-10-31-12-13-32-11-9-26)27-14(2)18(22(28)30-3)19(20)15-6-5-7-16(24)21(15)25/h5-7,19,27H,4,8-13,26H2,1-3H3/t19-/m0/s1. The van der Waals surface area contributed by atoms with E-state index in [4.69, 9.17) is 47.9 Å². The van der Waals surface area contributed by atoms with Gasteiger partial charge in [0.15, 0.2) is 0 Å². The minimum atomic E-state index is -0.827. The molecule has 182 valence electrons. The average Bonchev–Trinajstić information content (AvgIpc) is 2.79. The van der Waals surface area contributed by atoms with E-state index in [0.29, 0.717) is 61.4 Å². The third kappa shape index (κ3) is 6.94. The van der Waals surface area contributed by atoms with E-state index in [9.17, 15) is 9.59 Å². The lowest BCUT2D eigenvalue weighted by atomic mass is 9.79. The number of allylic oxidation sites excluding steroid dienone is 1. The summed E-state index contributed by atoms with van der Waals surface area (Å²) in [5.41, 5.74) is 7.52. The molecule has 1 atom stereocenters. The zero-order chi connectivity index (χ0) is 24.4. The molecule has 33 heavy (non-hydrogen) atoms. The second-order valence-corrected chi connectivity index (χ2v) is 7.89. The molecule has 1 aliphatic rings. The highest BCUT2D eigenvalue weighted by Crippen LogP contribution is 2.44. The van der Waals surface area contributed by atoms with Crippen molar-refractivity contribution in [3.8, 4) is 0 Å². The van der Waals surface area contributed by atoms with Gasteiger partial charge in [-0.3, -0.25) is 0 Å². The molecule has 0 unspecified atom stereocenters. The first-order chi connectivity index (χ1) is 15.9. The van der Waals surface area contributed by atoms with Crippen molar-refractivity contribution in [3.63, 3.8) is 0 Å². The van der Waals surface area contributed by atoms with Gasteiger partial charge in [0.2, 0.25) is 0 Å². The fraction of sp³-hybridized carbons (Fsp3) is 0.478. The molecule has 0 fully saturated rings. The van der Waals surface area contributed by atoms with E-state index < -0.39 is 17.9 Å². The molecular weight excluding hydrogens is 471 g/mol. The summed E-state index contributed by atoms with van der Waals surface area (Å²) in [5.74, 6) is -1.98. The van der Waals surface area contributed by atoms with E-state index >= 15 is 0 Å². The molecule has 0 saturated heterocycles. The maximum atomic E-state index is 13.1. The highest BCUT2D eigenvalue weighted by molar-refractivity contribution is 6.42. The zero-order valence-electron chi connectivity index (χ0n) is 19.0. The van der Waals surface area contributed by atoms with Crippen LogP contribution in [-0.2, 0) is 28.5 Å². The van der Waals surface area contributed by atoms with Crippen LogP contribution >= 0.6 is 23.2 Å². The molecule has 0 aromatic heterocycles. The first kappa shape index (κ1) is 27.1. The number of dihydropyridines is 1. The number of nitrogens with one attached hydrogen (secondary N) is 1. The molecule has 1 aromatic carbocycles. The van der Waals surface area contributed by atoms with Crippen molar-refractivity contribution in [2.24, 2.45) is 5.73 Å². The Morgan fingerprint density at radius 1 is 1.06 bits per heavy atom. The normalized spacial score (nSPS) is 16.0. The van der Waals surface area contributed by atoms with Crippen LogP contribution in [0.25, 0.3) is 0 Å². The van der Waals surface area contributed by atoms with Crippen LogP contribution in [0.2, 0.25) is 10.0 Å². The highest BCUT2D eigenvalue weighted by atomic mass is 35.5. The van der Waals surface area contributed by atoms with Gasteiger partial charge in [0.25, 0.3) is 0 Å². The van der Waals surface area contributed by atoms with E-state index in [2.05, 4.69) is 5.32 Å². The third-order valence-corrected chi connectivity index (χ3v) is 5.80. The van der Waals surface area contributed by atoms with Gasteiger partial charge < -0.3 is 30.0 Å². The average molecular weight is 501 g/mol. The second kappa shape index (κ2) is 13.6. The predicted octanol–water partition coefficient (Wildman–Crippen LogP) is 3.33. The Labute approximate surface area is 204 Å². The zero-order valence-corrected chi connectivity index (χ0v) is 20.6. The quantitative estimate of drug-likeness (QED) is 0.332. The van der Waals surface area contributed by atoms with Crippen molar-refractivity contribution in [1.29, 1.82) is 0 Å². The number of hydrogen-bond acceptors (Lipinski definition) is 8. The van der Waals surface area contributed by atoms with Crippen LogP contribution in [0.1, 0.15) is 31.7 Å². The van der Waals surface area contributed by atoms with Crippen LogP contribution in [0.4, 0.5) is 0 Å². The molecule has 1 aromatic rings. The predicted molar refractivity (Wildman–Crippen MR) is 126 cm³/mol. The van der Waals surface area contributed by atoms with Gasteiger partial charge in [0.05, 0.1) is 67.3 Å². The van der Waals surface area contributed by atoms with E-state index in [1.807, 2.05) is 0 Å². The molecule has 0 bridgehead atoms. The lowest BCUT2D eigenvalue weighted by molar-refractivity contribution is -0.139. The Morgan fingerprint density at radius 3 is 2.39 bits per heavy atom. The third-order valence-electron chi connectivity index (χ3n) is 4.97. The number of carbonyl (C=O) groups excluding carboxylic acids is 2. The number of carbonyl (C=O) groups is 2. The van der Waals surface area contributed by atoms with Crippen LogP contribution in [0, 0.1) is 0 Å². The van der Waals surface area contributed by atoms with Crippen LogP contribution in [-0.4, -0.2) is 58.6 Å². The van der Waals surface area contributed by atoms with Crippen LogP contribution in [0.15, 0.2) is 40.7 Å². The van der Waals surface area contributed by atoms with Gasteiger partial charge in [-0.05, 0) is 25.5 Å². The van der Waals surface area contributed by atoms with Gasteiger partial charge in [-0.1, -0.05) is 35.3 Å². The first-order valence-electron chi connectivity index (χ1n) is 10.6. The summed E-state index contributed by atoms with van der Waals surface area (Å²) >= 11 is 12.8. The molecule has 8 nitrogen and oxygen atoms in total. The molecular formula is C23H30Cl2N2O6. The van der Waals surface area contributed by atoms with E-state index in [1.165, 1.54) is 7.11 Å². The van der Waals surface area contributed by atoms with Gasteiger partial charge in [-0.15, -0.1) is 0 Å². The monoisotopic (exact) mass is 500 g/mol. The van der Waals surface area contributed by atoms with Gasteiger partial charge in [-0.2, -0.15) is 0 Å². The minimum absolute atomic E-state index is 0.164. The lowest BCUT2D eigenvalue weighted by Crippen LogP contribution is -2.33. The molecule has 1 heterocycles. The van der Waals surface area contributed by atoms with Crippen LogP contribution in [0.3, 0.4) is 0 Å². The smallest absolute Gasteiger partial charge is 0.336 e. The summed E-state index contributed by atoms with van der Waals surface area (Å²) in [6.45, 7) is 5.63. The van der Waals surface area contributed by atoms with Crippen LogP contribution in [0.5, 0.6) is 0 Å². The highest BCUT2D eigenvalue weighted by Gasteiger charge is 2.39. The van der Waals surface area contributed by atoms with Crippen LogP contribution < -0.4 is 11.1 Å². The molecule has 0 saturated carbocycles. The Kier molecular flexibility index (Phi) is 11.2. The molecule has 0 amide bonds. The molecule has 10 heteroatoms. The SMILES string of the molecule is CCOC(=O)C1=C(CCOCCOCCN)NC(C)=C(C(=O)OC)[C@@H]1c1cccc(Cl)c1Cl. The molecule has 3 N–H and O–H groups in total. The fourth-order valence-electron chi connectivity index (χ4n) is 3.56. The van der Waals surface area contributed by atoms with Gasteiger partial charge in [-0.25, -0.2) is 9.59 Å². The minimum Gasteiger partial charge on any atom is -0.466 e. The number of hydrogen-bond donors (Lipinski definition) is 2. The number of benzene rings is 1. The summed E-state index contributed by atoms with van der Waals surface area (Å²) in [7, 11) is 1.28. The summed E-state index contributed by atoms with van der Waals surface area (Å²) in [6, 6.07) is 5.07. The van der Waals surface area contributed by atoms with Crippen molar-refractivity contribution < 1.29 is 28.5 Å². The van der Waals surface area contributed by atoms with Crippen molar-refractivity contribution >= 4 is 35.1 Å². The largest absolute Gasteiger partial charge is 0.466 e. The summed E-state index contributed by atoms with van der Waals surface area (Å²) < 4.78 is 21.3. The lowest BCUT2D eigenvalue weighted by Gasteiger charge is -2.32. The Balaban J connectivity index is 2.46. The first-order valence-corrected chi connectivity index (χ1v) is 11.4. The number of ether oxygens (including phenoxy) is 4. The Hall–Kier alpha value is -2.10. The second-order valence-electron chi connectivity index (χ2n) is 7.11. The van der Waals surface area contributed by atoms with Crippen molar-refractivity contribution in [3.05, 3.63) is 56.3 Å². The number of rotatable bonds is 12. The van der Waals surface area contributed by atoms with Crippen molar-refractivity contribution in [2.45, 2.75) is 26.2 Å². The molecule has 1 aliphatic heterocycles. The summed E-state index contributed by atoms with van der Waals surface area (Å²) in [5, 5.41) is 3.72. The molecule has 2 rings (SSSR count). The summed E-state index contributed by atoms with van der Waals surface area (Å²) in [6.07, 6.45) is 0.367. The van der Waals surface area contributed by atoms with Gasteiger partial charge >= 0.3 is 11.9 Å². The Morgan fingerprint density at radius 2 is 1.76 bits per heavy atom. The maximum absolute atomic E-state index is 13.1. The van der Waals surface area contributed by atoms with Crippen molar-refractivity contribution in [2.75, 3.05) is 46.7 Å². The van der Waals surface area contributed by atoms with E-state index in [-0.39, 0.29) is 22.8 Å². The molecule has 0 radical (unpaired) electrons. The number of halogens is 2. The fourth-order valence-corrected chi connectivity index (χ4v) is 3.97. The van der Waals surface area contributed by atoms with E-state index in [1.54, 1.807) is 32.0 Å². The summed E-state index contributed by atoms with van der Waals surface area (Å²) in [4.78, 5) is 25.9. The molecule has 0 spiro atoms. The van der Waals surface area contributed by atoms with Gasteiger partial charge in [0.1, 0.15) is 0 Å². The number of esters is 2. The van der Waals surface area contributed by atoms with Gasteiger partial charge in [0, 0.05) is 24.4 Å². The van der Waals surface area contributed by atoms with E-state index in [0.717, 1.165) is 0 Å². The Bertz CT molecular complexity index is 916.